The van der Waals surface area contributed by atoms with E-state index in [0.717, 1.165) is 16.8 Å². The Morgan fingerprint density at radius 1 is 1.00 bits per heavy atom. The molecular formula is C17H19NO3. The molecule has 4 heteroatoms. The van der Waals surface area contributed by atoms with Gasteiger partial charge in [0.1, 0.15) is 11.3 Å². The third-order valence-electron chi connectivity index (χ3n) is 3.24. The Morgan fingerprint density at radius 3 is 1.95 bits per heavy atom. The smallest absolute Gasteiger partial charge is 0.330 e. The highest BCUT2D eigenvalue weighted by Gasteiger charge is 2.28. The molecule has 0 atom stereocenters. The van der Waals surface area contributed by atoms with E-state index in [1.165, 1.54) is 7.11 Å². The molecule has 0 aliphatic carbocycles. The van der Waals surface area contributed by atoms with E-state index in [4.69, 9.17) is 4.74 Å². The van der Waals surface area contributed by atoms with E-state index in [0.29, 0.717) is 0 Å². The number of carbonyl (C=O) groups excluding carboxylic acids is 1. The van der Waals surface area contributed by atoms with Gasteiger partial charge < -0.3 is 15.2 Å². The normalized spacial score (nSPS) is 11.0. The Kier molecular flexibility index (Phi) is 4.17. The third kappa shape index (κ3) is 3.54. The van der Waals surface area contributed by atoms with Gasteiger partial charge in [-0.05, 0) is 49.2 Å². The summed E-state index contributed by atoms with van der Waals surface area (Å²) in [6.07, 6.45) is 0. The van der Waals surface area contributed by atoms with Gasteiger partial charge in [0.2, 0.25) is 0 Å². The van der Waals surface area contributed by atoms with E-state index >= 15 is 0 Å². The first-order chi connectivity index (χ1) is 9.92. The number of carbonyl (C=O) groups is 1. The minimum Gasteiger partial charge on any atom is -0.508 e. The summed E-state index contributed by atoms with van der Waals surface area (Å²) in [6.45, 7) is 3.54. The van der Waals surface area contributed by atoms with Gasteiger partial charge in [-0.2, -0.15) is 0 Å². The van der Waals surface area contributed by atoms with Crippen LogP contribution >= 0.6 is 0 Å². The SMILES string of the molecule is COC(=O)C(C)(C)Nc1ccc(-c2ccc(O)cc2)cc1. The van der Waals surface area contributed by atoms with Crippen LogP contribution in [0.2, 0.25) is 0 Å². The summed E-state index contributed by atoms with van der Waals surface area (Å²) >= 11 is 0. The number of nitrogens with one attached hydrogen (secondary N) is 1. The molecule has 21 heavy (non-hydrogen) atoms. The molecule has 0 aliphatic heterocycles. The van der Waals surface area contributed by atoms with Crippen LogP contribution in [0.1, 0.15) is 13.8 Å². The quantitative estimate of drug-likeness (QED) is 0.845. The molecule has 0 aliphatic rings. The molecule has 4 nitrogen and oxygen atoms in total. The average Bonchev–Trinajstić information content (AvgIpc) is 2.47. The number of hydrogen-bond acceptors (Lipinski definition) is 4. The zero-order valence-corrected chi connectivity index (χ0v) is 12.4. The summed E-state index contributed by atoms with van der Waals surface area (Å²) in [5.74, 6) is -0.0676. The van der Waals surface area contributed by atoms with Crippen LogP contribution in [0.5, 0.6) is 5.75 Å². The second-order valence-electron chi connectivity index (χ2n) is 5.37. The average molecular weight is 285 g/mol. The fraction of sp³-hybridized carbons (Fsp3) is 0.235. The number of aromatic hydroxyl groups is 1. The molecule has 0 fully saturated rings. The third-order valence-corrected chi connectivity index (χ3v) is 3.24. The minimum atomic E-state index is -0.783. The summed E-state index contributed by atoms with van der Waals surface area (Å²) in [5.41, 5.74) is 2.12. The summed E-state index contributed by atoms with van der Waals surface area (Å²) in [4.78, 5) is 11.6. The fourth-order valence-electron chi connectivity index (χ4n) is 2.07. The van der Waals surface area contributed by atoms with Gasteiger partial charge in [-0.1, -0.05) is 24.3 Å². The van der Waals surface area contributed by atoms with Crippen LogP contribution in [-0.4, -0.2) is 23.7 Å². The maximum absolute atomic E-state index is 11.6. The molecule has 2 N–H and O–H groups in total. The van der Waals surface area contributed by atoms with Gasteiger partial charge in [-0.25, -0.2) is 4.79 Å². The first kappa shape index (κ1) is 14.9. The Bertz CT molecular complexity index is 615. The molecule has 0 unspecified atom stereocenters. The highest BCUT2D eigenvalue weighted by atomic mass is 16.5. The first-order valence-corrected chi connectivity index (χ1v) is 6.68. The van der Waals surface area contributed by atoms with Crippen LogP contribution in [0.4, 0.5) is 5.69 Å². The standard InChI is InChI=1S/C17H19NO3/c1-17(2,16(20)21-3)18-14-8-4-12(5-9-14)13-6-10-15(19)11-7-13/h4-11,18-19H,1-3H3. The number of phenolic OH excluding ortho intramolecular Hbond substituents is 1. The lowest BCUT2D eigenvalue weighted by molar-refractivity contribution is -0.144. The highest BCUT2D eigenvalue weighted by molar-refractivity contribution is 5.83. The van der Waals surface area contributed by atoms with Crippen molar-refractivity contribution < 1.29 is 14.6 Å². The topological polar surface area (TPSA) is 58.6 Å². The van der Waals surface area contributed by atoms with Crippen molar-refractivity contribution in [2.45, 2.75) is 19.4 Å². The summed E-state index contributed by atoms with van der Waals surface area (Å²) in [6, 6.07) is 14.8. The van der Waals surface area contributed by atoms with Crippen molar-refractivity contribution in [3.05, 3.63) is 48.5 Å². The van der Waals surface area contributed by atoms with Crippen LogP contribution in [0, 0.1) is 0 Å². The molecule has 0 bridgehead atoms. The number of anilines is 1. The van der Waals surface area contributed by atoms with Crippen LogP contribution in [0.3, 0.4) is 0 Å². The van der Waals surface area contributed by atoms with Gasteiger partial charge in [0.15, 0.2) is 0 Å². The lowest BCUT2D eigenvalue weighted by atomic mass is 10.0. The number of methoxy groups -OCH3 is 1. The number of ether oxygens (including phenoxy) is 1. The molecule has 2 aromatic carbocycles. The second kappa shape index (κ2) is 5.87. The zero-order chi connectivity index (χ0) is 15.5. The number of benzene rings is 2. The number of hydrogen-bond donors (Lipinski definition) is 2. The van der Waals surface area contributed by atoms with Crippen molar-refractivity contribution in [1.29, 1.82) is 0 Å². The molecule has 2 aromatic rings. The van der Waals surface area contributed by atoms with E-state index in [9.17, 15) is 9.90 Å². The van der Waals surface area contributed by atoms with Gasteiger partial charge in [0.25, 0.3) is 0 Å². The summed E-state index contributed by atoms with van der Waals surface area (Å²) in [5, 5.41) is 12.4. The molecule has 0 saturated heterocycles. The van der Waals surface area contributed by atoms with E-state index in [2.05, 4.69) is 5.32 Å². The molecular weight excluding hydrogens is 266 g/mol. The maximum atomic E-state index is 11.6. The van der Waals surface area contributed by atoms with Gasteiger partial charge >= 0.3 is 5.97 Å². The van der Waals surface area contributed by atoms with Gasteiger partial charge in [0, 0.05) is 5.69 Å². The van der Waals surface area contributed by atoms with Crippen molar-refractivity contribution in [3.63, 3.8) is 0 Å². The van der Waals surface area contributed by atoms with Crippen molar-refractivity contribution in [2.75, 3.05) is 12.4 Å². The molecule has 0 radical (unpaired) electrons. The Morgan fingerprint density at radius 2 is 1.48 bits per heavy atom. The maximum Gasteiger partial charge on any atom is 0.330 e. The molecule has 2 rings (SSSR count). The molecule has 0 heterocycles. The fourth-order valence-corrected chi connectivity index (χ4v) is 2.07. The monoisotopic (exact) mass is 285 g/mol. The predicted molar refractivity (Wildman–Crippen MR) is 83.3 cm³/mol. The summed E-state index contributed by atoms with van der Waals surface area (Å²) in [7, 11) is 1.37. The van der Waals surface area contributed by atoms with Crippen LogP contribution < -0.4 is 5.32 Å². The number of rotatable bonds is 4. The Labute approximate surface area is 124 Å². The first-order valence-electron chi connectivity index (χ1n) is 6.68. The number of phenols is 1. The summed E-state index contributed by atoms with van der Waals surface area (Å²) < 4.78 is 4.77. The van der Waals surface area contributed by atoms with Gasteiger partial charge in [0.05, 0.1) is 7.11 Å². The Balaban J connectivity index is 2.16. The van der Waals surface area contributed by atoms with Crippen LogP contribution in [-0.2, 0) is 9.53 Å². The van der Waals surface area contributed by atoms with Crippen molar-refractivity contribution in [3.8, 4) is 16.9 Å². The van der Waals surface area contributed by atoms with E-state index in [1.807, 2.05) is 36.4 Å². The molecule has 0 spiro atoms. The van der Waals surface area contributed by atoms with Gasteiger partial charge in [-0.3, -0.25) is 0 Å². The second-order valence-corrected chi connectivity index (χ2v) is 5.37. The molecule has 0 amide bonds. The lowest BCUT2D eigenvalue weighted by Gasteiger charge is -2.24. The van der Waals surface area contributed by atoms with E-state index in [1.54, 1.807) is 26.0 Å². The molecule has 0 saturated carbocycles. The van der Waals surface area contributed by atoms with Crippen molar-refractivity contribution in [2.24, 2.45) is 0 Å². The molecule has 110 valence electrons. The van der Waals surface area contributed by atoms with E-state index in [-0.39, 0.29) is 11.7 Å². The zero-order valence-electron chi connectivity index (χ0n) is 12.4. The van der Waals surface area contributed by atoms with Crippen molar-refractivity contribution >= 4 is 11.7 Å². The van der Waals surface area contributed by atoms with Crippen LogP contribution in [0.15, 0.2) is 48.5 Å². The molecule has 0 aromatic heterocycles. The highest BCUT2D eigenvalue weighted by Crippen LogP contribution is 2.24. The lowest BCUT2D eigenvalue weighted by Crippen LogP contribution is -2.41. The van der Waals surface area contributed by atoms with Crippen LogP contribution in [0.25, 0.3) is 11.1 Å². The minimum absolute atomic E-state index is 0.247. The predicted octanol–water partition coefficient (Wildman–Crippen LogP) is 3.42. The Hall–Kier alpha value is -2.49. The number of esters is 1. The van der Waals surface area contributed by atoms with Gasteiger partial charge in [-0.15, -0.1) is 0 Å². The van der Waals surface area contributed by atoms with E-state index < -0.39 is 5.54 Å². The van der Waals surface area contributed by atoms with Crippen molar-refractivity contribution in [1.82, 2.24) is 0 Å². The largest absolute Gasteiger partial charge is 0.508 e.